The lowest BCUT2D eigenvalue weighted by Crippen LogP contribution is -2.32. The van der Waals surface area contributed by atoms with Gasteiger partial charge in [0.15, 0.2) is 0 Å². The molecule has 7 heteroatoms. The Morgan fingerprint density at radius 2 is 1.77 bits per heavy atom. The number of amides is 1. The summed E-state index contributed by atoms with van der Waals surface area (Å²) in [6.45, 7) is 2.15. The van der Waals surface area contributed by atoms with Gasteiger partial charge in [-0.15, -0.1) is 0 Å². The van der Waals surface area contributed by atoms with Gasteiger partial charge in [-0.3, -0.25) is 4.79 Å². The van der Waals surface area contributed by atoms with Gasteiger partial charge in [-0.05, 0) is 24.6 Å². The van der Waals surface area contributed by atoms with Crippen LogP contribution in [0.3, 0.4) is 0 Å². The molecule has 26 heavy (non-hydrogen) atoms. The third-order valence-corrected chi connectivity index (χ3v) is 5.27. The first-order valence-electron chi connectivity index (χ1n) is 8.23. The molecule has 0 aliphatic rings. The highest BCUT2D eigenvalue weighted by atomic mass is 32.2. The average Bonchev–Trinajstić information content (AvgIpc) is 2.60. The van der Waals surface area contributed by atoms with E-state index in [-0.39, 0.29) is 25.4 Å². The van der Waals surface area contributed by atoms with Crippen molar-refractivity contribution in [2.24, 2.45) is 0 Å². The quantitative estimate of drug-likeness (QED) is 0.769. The molecule has 0 saturated carbocycles. The van der Waals surface area contributed by atoms with Crippen LogP contribution in [0.2, 0.25) is 0 Å². The molecule has 2 aromatic carbocycles. The predicted octanol–water partition coefficient (Wildman–Crippen LogP) is 2.79. The minimum atomic E-state index is -3.47. The van der Waals surface area contributed by atoms with Crippen molar-refractivity contribution in [1.82, 2.24) is 4.31 Å². The molecule has 140 valence electrons. The Labute approximate surface area is 154 Å². The smallest absolute Gasteiger partial charge is 0.225 e. The molecule has 0 heterocycles. The SMILES string of the molecule is COc1ccccc1CN(CCC(=O)Nc1ccccc1C)S(C)(=O)=O. The van der Waals surface area contributed by atoms with Crippen molar-refractivity contribution in [3.8, 4) is 5.75 Å². The Bertz CT molecular complexity index is 865. The van der Waals surface area contributed by atoms with Crippen LogP contribution in [0.1, 0.15) is 17.5 Å². The van der Waals surface area contributed by atoms with Crippen molar-refractivity contribution < 1.29 is 17.9 Å². The first-order chi connectivity index (χ1) is 12.3. The van der Waals surface area contributed by atoms with E-state index in [1.54, 1.807) is 13.2 Å². The molecule has 2 rings (SSSR count). The van der Waals surface area contributed by atoms with Gasteiger partial charge in [0, 0.05) is 30.8 Å². The number of rotatable bonds is 8. The number of anilines is 1. The zero-order valence-corrected chi connectivity index (χ0v) is 16.0. The van der Waals surface area contributed by atoms with Gasteiger partial charge in [0.2, 0.25) is 15.9 Å². The molecule has 0 bridgehead atoms. The molecule has 1 N–H and O–H groups in total. The van der Waals surface area contributed by atoms with Crippen molar-refractivity contribution in [3.05, 3.63) is 59.7 Å². The van der Waals surface area contributed by atoms with Gasteiger partial charge < -0.3 is 10.1 Å². The lowest BCUT2D eigenvalue weighted by molar-refractivity contribution is -0.116. The number of hydrogen-bond acceptors (Lipinski definition) is 4. The summed E-state index contributed by atoms with van der Waals surface area (Å²) in [6.07, 6.45) is 1.21. The van der Waals surface area contributed by atoms with E-state index in [1.165, 1.54) is 4.31 Å². The molecular weight excluding hydrogens is 352 g/mol. The minimum absolute atomic E-state index is 0.0660. The molecule has 2 aromatic rings. The van der Waals surface area contributed by atoms with Gasteiger partial charge in [0.25, 0.3) is 0 Å². The second kappa shape index (κ2) is 8.82. The number of carbonyl (C=O) groups is 1. The number of nitrogens with one attached hydrogen (secondary N) is 1. The summed E-state index contributed by atoms with van der Waals surface area (Å²) in [5, 5.41) is 2.82. The lowest BCUT2D eigenvalue weighted by Gasteiger charge is -2.21. The van der Waals surface area contributed by atoms with Gasteiger partial charge >= 0.3 is 0 Å². The number of aryl methyl sites for hydroxylation is 1. The van der Waals surface area contributed by atoms with Crippen molar-refractivity contribution in [1.29, 1.82) is 0 Å². The van der Waals surface area contributed by atoms with Gasteiger partial charge in [-0.1, -0.05) is 36.4 Å². The number of carbonyl (C=O) groups excluding carboxylic acids is 1. The zero-order valence-electron chi connectivity index (χ0n) is 15.2. The molecule has 1 amide bonds. The van der Waals surface area contributed by atoms with Gasteiger partial charge in [0.1, 0.15) is 5.75 Å². The highest BCUT2D eigenvalue weighted by molar-refractivity contribution is 7.88. The summed E-state index contributed by atoms with van der Waals surface area (Å²) in [5.41, 5.74) is 2.43. The molecule has 0 aromatic heterocycles. The molecule has 6 nitrogen and oxygen atoms in total. The fraction of sp³-hybridized carbons (Fsp3) is 0.316. The monoisotopic (exact) mass is 376 g/mol. The number of para-hydroxylation sites is 2. The maximum atomic E-state index is 12.2. The first kappa shape index (κ1) is 19.9. The van der Waals surface area contributed by atoms with Crippen LogP contribution in [0.25, 0.3) is 0 Å². The van der Waals surface area contributed by atoms with Crippen LogP contribution >= 0.6 is 0 Å². The fourth-order valence-corrected chi connectivity index (χ4v) is 3.33. The molecule has 0 atom stereocenters. The van der Waals surface area contributed by atoms with Crippen molar-refractivity contribution in [3.63, 3.8) is 0 Å². The van der Waals surface area contributed by atoms with E-state index >= 15 is 0 Å². The minimum Gasteiger partial charge on any atom is -0.496 e. The summed E-state index contributed by atoms with van der Waals surface area (Å²) in [5.74, 6) is 0.387. The summed E-state index contributed by atoms with van der Waals surface area (Å²) in [4.78, 5) is 12.2. The fourth-order valence-electron chi connectivity index (χ4n) is 2.54. The molecule has 0 aliphatic carbocycles. The molecule has 0 unspecified atom stereocenters. The van der Waals surface area contributed by atoms with Crippen LogP contribution < -0.4 is 10.1 Å². The Morgan fingerprint density at radius 1 is 1.12 bits per heavy atom. The first-order valence-corrected chi connectivity index (χ1v) is 10.1. The van der Waals surface area contributed by atoms with E-state index in [4.69, 9.17) is 4.74 Å². The maximum Gasteiger partial charge on any atom is 0.225 e. The normalized spacial score (nSPS) is 11.4. The van der Waals surface area contributed by atoms with Crippen LogP contribution in [0.4, 0.5) is 5.69 Å². The van der Waals surface area contributed by atoms with Gasteiger partial charge in [0.05, 0.1) is 13.4 Å². The summed E-state index contributed by atoms with van der Waals surface area (Å²) in [7, 11) is -1.93. The van der Waals surface area contributed by atoms with Gasteiger partial charge in [-0.2, -0.15) is 4.31 Å². The van der Waals surface area contributed by atoms with Crippen molar-refractivity contribution >= 4 is 21.6 Å². The number of benzene rings is 2. The molecule has 0 saturated heterocycles. The molecular formula is C19H24N2O4S. The van der Waals surface area contributed by atoms with E-state index in [0.717, 1.165) is 23.1 Å². The summed E-state index contributed by atoms with van der Waals surface area (Å²) < 4.78 is 30.8. The Kier molecular flexibility index (Phi) is 6.76. The standard InChI is InChI=1S/C19H24N2O4S/c1-15-8-4-6-10-17(15)20-19(22)12-13-21(26(3,23)24)14-16-9-5-7-11-18(16)25-2/h4-11H,12-14H2,1-3H3,(H,20,22). The van der Waals surface area contributed by atoms with Crippen LogP contribution in [-0.2, 0) is 21.4 Å². The second-order valence-corrected chi connectivity index (χ2v) is 8.00. The molecule has 0 aliphatic heterocycles. The Hall–Kier alpha value is -2.38. The second-order valence-electron chi connectivity index (χ2n) is 6.02. The third-order valence-electron chi connectivity index (χ3n) is 4.02. The topological polar surface area (TPSA) is 75.7 Å². The van der Waals surface area contributed by atoms with E-state index in [0.29, 0.717) is 5.75 Å². The molecule has 0 radical (unpaired) electrons. The van der Waals surface area contributed by atoms with E-state index in [1.807, 2.05) is 49.4 Å². The number of ether oxygens (including phenoxy) is 1. The summed E-state index contributed by atoms with van der Waals surface area (Å²) in [6, 6.07) is 14.7. The van der Waals surface area contributed by atoms with Crippen LogP contribution in [0.15, 0.2) is 48.5 Å². The van der Waals surface area contributed by atoms with E-state index in [9.17, 15) is 13.2 Å². The highest BCUT2D eigenvalue weighted by Gasteiger charge is 2.20. The number of sulfonamides is 1. The van der Waals surface area contributed by atoms with Crippen LogP contribution in [0, 0.1) is 6.92 Å². The third kappa shape index (κ3) is 5.57. The van der Waals surface area contributed by atoms with Crippen molar-refractivity contribution in [2.45, 2.75) is 19.9 Å². The number of hydrogen-bond donors (Lipinski definition) is 1. The van der Waals surface area contributed by atoms with Gasteiger partial charge in [-0.25, -0.2) is 8.42 Å². The average molecular weight is 376 g/mol. The van der Waals surface area contributed by atoms with E-state index < -0.39 is 10.0 Å². The molecule has 0 fully saturated rings. The lowest BCUT2D eigenvalue weighted by atomic mass is 10.2. The largest absolute Gasteiger partial charge is 0.496 e. The van der Waals surface area contributed by atoms with E-state index in [2.05, 4.69) is 5.32 Å². The summed E-state index contributed by atoms with van der Waals surface area (Å²) >= 11 is 0. The van der Waals surface area contributed by atoms with Crippen LogP contribution in [0.5, 0.6) is 5.75 Å². The maximum absolute atomic E-state index is 12.2. The highest BCUT2D eigenvalue weighted by Crippen LogP contribution is 2.21. The van der Waals surface area contributed by atoms with Crippen molar-refractivity contribution in [2.75, 3.05) is 25.2 Å². The van der Waals surface area contributed by atoms with Crippen LogP contribution in [-0.4, -0.2) is 38.5 Å². The number of nitrogens with zero attached hydrogens (tertiary/aromatic N) is 1. The zero-order chi connectivity index (χ0) is 19.2. The Morgan fingerprint density at radius 3 is 2.42 bits per heavy atom. The number of methoxy groups -OCH3 is 1. The molecule has 0 spiro atoms. The predicted molar refractivity (Wildman–Crippen MR) is 103 cm³/mol. The Balaban J connectivity index is 2.05.